The standard InChI is InChI=1S/C14H17N3O2S/c1-11(18)16-7-9-17(10-8-16)14(19)13-5-4-12(20-13)3-2-6-15/h4-5H,6-10,15H2,1H3. The number of rotatable bonds is 1. The summed E-state index contributed by atoms with van der Waals surface area (Å²) in [6.45, 7) is 4.24. The van der Waals surface area contributed by atoms with Gasteiger partial charge in [-0.1, -0.05) is 11.8 Å². The topological polar surface area (TPSA) is 66.6 Å². The Bertz CT molecular complexity index is 562. The third kappa shape index (κ3) is 3.38. The Balaban J connectivity index is 1.98. The van der Waals surface area contributed by atoms with Crippen LogP contribution >= 0.6 is 11.3 Å². The zero-order valence-electron chi connectivity index (χ0n) is 11.4. The Morgan fingerprint density at radius 2 is 1.90 bits per heavy atom. The molecule has 106 valence electrons. The minimum Gasteiger partial charge on any atom is -0.339 e. The number of nitrogens with two attached hydrogens (primary N) is 1. The van der Waals surface area contributed by atoms with Gasteiger partial charge in [0.05, 0.1) is 16.3 Å². The van der Waals surface area contributed by atoms with E-state index in [0.29, 0.717) is 37.6 Å². The lowest BCUT2D eigenvalue weighted by atomic mass is 10.3. The molecule has 6 heteroatoms. The summed E-state index contributed by atoms with van der Waals surface area (Å²) in [7, 11) is 0. The van der Waals surface area contributed by atoms with Crippen LogP contribution in [0.3, 0.4) is 0 Å². The van der Waals surface area contributed by atoms with Gasteiger partial charge in [0, 0.05) is 33.1 Å². The summed E-state index contributed by atoms with van der Waals surface area (Å²) in [6.07, 6.45) is 0. The van der Waals surface area contributed by atoms with Crippen LogP contribution in [0.25, 0.3) is 0 Å². The van der Waals surface area contributed by atoms with Gasteiger partial charge in [-0.3, -0.25) is 9.59 Å². The molecule has 0 atom stereocenters. The highest BCUT2D eigenvalue weighted by molar-refractivity contribution is 7.14. The molecule has 20 heavy (non-hydrogen) atoms. The molecule has 1 saturated heterocycles. The van der Waals surface area contributed by atoms with Crippen LogP contribution in [-0.4, -0.2) is 54.3 Å². The van der Waals surface area contributed by atoms with Crippen molar-refractivity contribution in [2.24, 2.45) is 5.73 Å². The lowest BCUT2D eigenvalue weighted by Crippen LogP contribution is -2.49. The van der Waals surface area contributed by atoms with Gasteiger partial charge in [0.2, 0.25) is 5.91 Å². The number of nitrogens with zero attached hydrogens (tertiary/aromatic N) is 2. The fourth-order valence-electron chi connectivity index (χ4n) is 2.04. The molecule has 1 aliphatic rings. The molecule has 0 unspecified atom stereocenters. The minimum atomic E-state index is 0.0130. The van der Waals surface area contributed by atoms with Crippen LogP contribution in [0.5, 0.6) is 0 Å². The Morgan fingerprint density at radius 1 is 1.25 bits per heavy atom. The van der Waals surface area contributed by atoms with E-state index < -0.39 is 0 Å². The zero-order valence-corrected chi connectivity index (χ0v) is 12.2. The van der Waals surface area contributed by atoms with Gasteiger partial charge in [-0.05, 0) is 12.1 Å². The molecule has 0 aromatic carbocycles. The van der Waals surface area contributed by atoms with Gasteiger partial charge in [-0.25, -0.2) is 0 Å². The lowest BCUT2D eigenvalue weighted by molar-refractivity contribution is -0.130. The SMILES string of the molecule is CC(=O)N1CCN(C(=O)c2ccc(C#CCN)s2)CC1. The van der Waals surface area contributed by atoms with E-state index in [1.54, 1.807) is 22.8 Å². The molecule has 2 N–H and O–H groups in total. The molecule has 0 bridgehead atoms. The van der Waals surface area contributed by atoms with Crippen molar-refractivity contribution in [1.29, 1.82) is 0 Å². The molecule has 0 aliphatic carbocycles. The molecule has 1 aromatic rings. The van der Waals surface area contributed by atoms with Crippen molar-refractivity contribution in [3.8, 4) is 11.8 Å². The van der Waals surface area contributed by atoms with Gasteiger partial charge < -0.3 is 15.5 Å². The Hall–Kier alpha value is -1.84. The van der Waals surface area contributed by atoms with Gasteiger partial charge in [-0.15, -0.1) is 11.3 Å². The number of piperazine rings is 1. The molecule has 0 radical (unpaired) electrons. The first kappa shape index (κ1) is 14.6. The van der Waals surface area contributed by atoms with E-state index >= 15 is 0 Å². The highest BCUT2D eigenvalue weighted by atomic mass is 32.1. The fourth-order valence-corrected chi connectivity index (χ4v) is 2.89. The first-order chi connectivity index (χ1) is 9.61. The zero-order chi connectivity index (χ0) is 14.5. The number of thiophene rings is 1. The summed E-state index contributed by atoms with van der Waals surface area (Å²) in [5.74, 6) is 5.77. The maximum Gasteiger partial charge on any atom is 0.264 e. The molecule has 5 nitrogen and oxygen atoms in total. The quantitative estimate of drug-likeness (QED) is 0.760. The third-order valence-corrected chi connectivity index (χ3v) is 4.13. The number of hydrogen-bond donors (Lipinski definition) is 1. The molecule has 0 spiro atoms. The van der Waals surface area contributed by atoms with E-state index in [4.69, 9.17) is 5.73 Å². The van der Waals surface area contributed by atoms with Crippen LogP contribution in [0.4, 0.5) is 0 Å². The monoisotopic (exact) mass is 291 g/mol. The van der Waals surface area contributed by atoms with Crippen LogP contribution in [0.2, 0.25) is 0 Å². The van der Waals surface area contributed by atoms with Crippen LogP contribution in [0.15, 0.2) is 12.1 Å². The van der Waals surface area contributed by atoms with E-state index in [0.717, 1.165) is 4.88 Å². The summed E-state index contributed by atoms with van der Waals surface area (Å²) in [6, 6.07) is 3.64. The normalized spacial score (nSPS) is 14.7. The molecule has 1 aromatic heterocycles. The van der Waals surface area contributed by atoms with Crippen molar-refractivity contribution < 1.29 is 9.59 Å². The van der Waals surface area contributed by atoms with Gasteiger partial charge in [-0.2, -0.15) is 0 Å². The highest BCUT2D eigenvalue weighted by Crippen LogP contribution is 2.18. The molecular weight excluding hydrogens is 274 g/mol. The molecule has 1 fully saturated rings. The van der Waals surface area contributed by atoms with Crippen molar-refractivity contribution in [3.05, 3.63) is 21.9 Å². The predicted octanol–water partition coefficient (Wildman–Crippen LogP) is 0.363. The second-order valence-corrected chi connectivity index (χ2v) is 5.55. The van der Waals surface area contributed by atoms with Crippen molar-refractivity contribution in [2.45, 2.75) is 6.92 Å². The number of amides is 2. The van der Waals surface area contributed by atoms with Crippen molar-refractivity contribution in [2.75, 3.05) is 32.7 Å². The largest absolute Gasteiger partial charge is 0.339 e. The average Bonchev–Trinajstić information content (AvgIpc) is 2.93. The molecule has 2 amide bonds. The first-order valence-electron chi connectivity index (χ1n) is 6.45. The van der Waals surface area contributed by atoms with Gasteiger partial charge in [0.25, 0.3) is 5.91 Å². The molecule has 1 aliphatic heterocycles. The van der Waals surface area contributed by atoms with E-state index in [1.807, 2.05) is 6.07 Å². The maximum absolute atomic E-state index is 12.3. The Kier molecular flexibility index (Phi) is 4.77. The molecule has 2 heterocycles. The number of hydrogen-bond acceptors (Lipinski definition) is 4. The summed E-state index contributed by atoms with van der Waals surface area (Å²) in [5, 5.41) is 0. The molecule has 0 saturated carbocycles. The van der Waals surface area contributed by atoms with Crippen molar-refractivity contribution in [1.82, 2.24) is 9.80 Å². The highest BCUT2D eigenvalue weighted by Gasteiger charge is 2.23. The smallest absolute Gasteiger partial charge is 0.264 e. The second kappa shape index (κ2) is 6.55. The van der Waals surface area contributed by atoms with Gasteiger partial charge in [0.1, 0.15) is 0 Å². The Morgan fingerprint density at radius 3 is 2.50 bits per heavy atom. The van der Waals surface area contributed by atoms with E-state index in [-0.39, 0.29) is 11.8 Å². The van der Waals surface area contributed by atoms with Gasteiger partial charge in [0.15, 0.2) is 0 Å². The van der Waals surface area contributed by atoms with Crippen LogP contribution in [0, 0.1) is 11.8 Å². The Labute approximate surface area is 122 Å². The van der Waals surface area contributed by atoms with Crippen LogP contribution in [-0.2, 0) is 4.79 Å². The summed E-state index contributed by atoms with van der Waals surface area (Å²) >= 11 is 1.38. The van der Waals surface area contributed by atoms with Crippen LogP contribution in [0.1, 0.15) is 21.5 Å². The fraction of sp³-hybridized carbons (Fsp3) is 0.429. The summed E-state index contributed by atoms with van der Waals surface area (Å²) in [5.41, 5.74) is 5.32. The summed E-state index contributed by atoms with van der Waals surface area (Å²) < 4.78 is 0. The lowest BCUT2D eigenvalue weighted by Gasteiger charge is -2.33. The van der Waals surface area contributed by atoms with E-state index in [2.05, 4.69) is 11.8 Å². The second-order valence-electron chi connectivity index (χ2n) is 4.47. The van der Waals surface area contributed by atoms with E-state index in [1.165, 1.54) is 11.3 Å². The summed E-state index contributed by atoms with van der Waals surface area (Å²) in [4.78, 5) is 28.6. The number of carbonyl (C=O) groups excluding carboxylic acids is 2. The van der Waals surface area contributed by atoms with Gasteiger partial charge >= 0.3 is 0 Å². The molecular formula is C14H17N3O2S. The van der Waals surface area contributed by atoms with Crippen LogP contribution < -0.4 is 5.73 Å². The van der Waals surface area contributed by atoms with Crippen molar-refractivity contribution in [3.63, 3.8) is 0 Å². The molecule has 2 rings (SSSR count). The number of carbonyl (C=O) groups is 2. The average molecular weight is 291 g/mol. The first-order valence-corrected chi connectivity index (χ1v) is 7.27. The minimum absolute atomic E-state index is 0.0130. The van der Waals surface area contributed by atoms with E-state index in [9.17, 15) is 9.59 Å². The third-order valence-electron chi connectivity index (χ3n) is 3.14. The maximum atomic E-state index is 12.3. The predicted molar refractivity (Wildman–Crippen MR) is 78.4 cm³/mol. The van der Waals surface area contributed by atoms with Crippen molar-refractivity contribution >= 4 is 23.2 Å².